The van der Waals surface area contributed by atoms with Gasteiger partial charge in [0.05, 0.1) is 5.69 Å². The van der Waals surface area contributed by atoms with Gasteiger partial charge in [-0.3, -0.25) is 9.89 Å². The van der Waals surface area contributed by atoms with Crippen LogP contribution < -0.4 is 10.3 Å². The van der Waals surface area contributed by atoms with E-state index < -0.39 is 0 Å². The summed E-state index contributed by atoms with van der Waals surface area (Å²) >= 11 is 0. The van der Waals surface area contributed by atoms with Crippen molar-refractivity contribution in [2.75, 3.05) is 0 Å². The van der Waals surface area contributed by atoms with Crippen LogP contribution >= 0.6 is 0 Å². The Morgan fingerprint density at radius 1 is 1.17 bits per heavy atom. The van der Waals surface area contributed by atoms with Gasteiger partial charge in [0.15, 0.2) is 17.4 Å². The van der Waals surface area contributed by atoms with Gasteiger partial charge in [0.25, 0.3) is 5.56 Å². The fourth-order valence-corrected chi connectivity index (χ4v) is 2.50. The zero-order chi connectivity index (χ0) is 16.4. The lowest BCUT2D eigenvalue weighted by Crippen LogP contribution is -2.18. The second-order valence-corrected chi connectivity index (χ2v) is 5.77. The lowest BCUT2D eigenvalue weighted by atomic mass is 10.1. The number of nitrogens with one attached hydrogen (secondary N) is 2. The third-order valence-corrected chi connectivity index (χ3v) is 3.73. The zero-order valence-electron chi connectivity index (χ0n) is 13.5. The minimum absolute atomic E-state index is 0.206. The number of H-pyrrole nitrogens is 2. The summed E-state index contributed by atoms with van der Waals surface area (Å²) in [6, 6.07) is 9.52. The molecule has 0 amide bonds. The van der Waals surface area contributed by atoms with Crippen LogP contribution in [0, 0.1) is 0 Å². The van der Waals surface area contributed by atoms with E-state index in [-0.39, 0.29) is 17.6 Å². The normalized spacial score (nSPS) is 12.7. The summed E-state index contributed by atoms with van der Waals surface area (Å²) in [6.45, 7) is 6.07. The quantitative estimate of drug-likeness (QED) is 0.757. The predicted molar refractivity (Wildman–Crippen MR) is 88.7 cm³/mol. The molecule has 0 fully saturated rings. The first-order chi connectivity index (χ1) is 11.1. The molecule has 0 aliphatic carbocycles. The summed E-state index contributed by atoms with van der Waals surface area (Å²) < 4.78 is 5.97. The number of para-hydroxylation sites is 1. The molecule has 3 aromatic rings. The number of hydrogen-bond donors (Lipinski definition) is 2. The molecule has 23 heavy (non-hydrogen) atoms. The van der Waals surface area contributed by atoms with Crippen LogP contribution in [0.1, 0.15) is 50.7 Å². The van der Waals surface area contributed by atoms with Crippen molar-refractivity contribution in [3.8, 4) is 5.75 Å². The Kier molecular flexibility index (Phi) is 4.14. The lowest BCUT2D eigenvalue weighted by molar-refractivity contribution is 0.191. The highest BCUT2D eigenvalue weighted by molar-refractivity contribution is 5.76. The Morgan fingerprint density at radius 3 is 2.57 bits per heavy atom. The molecule has 0 aliphatic heterocycles. The zero-order valence-corrected chi connectivity index (χ0v) is 13.5. The number of benzene rings is 1. The van der Waals surface area contributed by atoms with E-state index in [1.165, 1.54) is 0 Å². The van der Waals surface area contributed by atoms with Crippen LogP contribution in [-0.4, -0.2) is 20.2 Å². The highest BCUT2D eigenvalue weighted by Crippen LogP contribution is 2.24. The van der Waals surface area contributed by atoms with Gasteiger partial charge >= 0.3 is 0 Å². The molecule has 1 aromatic carbocycles. The Labute approximate surface area is 133 Å². The maximum Gasteiger partial charge on any atom is 0.279 e. The fraction of sp³-hybridized carbons (Fsp3) is 0.353. The van der Waals surface area contributed by atoms with Crippen LogP contribution in [0.4, 0.5) is 0 Å². The number of aromatic amines is 2. The van der Waals surface area contributed by atoms with Crippen molar-refractivity contribution in [3.05, 3.63) is 52.2 Å². The fourth-order valence-electron chi connectivity index (χ4n) is 2.50. The van der Waals surface area contributed by atoms with Gasteiger partial charge in [-0.2, -0.15) is 5.10 Å². The SMILES string of the molecule is CC[C@H](Oc1ccccc1)c1nc2c(C(C)C)[nH]nc2c(=O)[nH]1. The van der Waals surface area contributed by atoms with Crippen LogP contribution in [0.2, 0.25) is 0 Å². The minimum Gasteiger partial charge on any atom is -0.483 e. The third kappa shape index (κ3) is 2.97. The smallest absolute Gasteiger partial charge is 0.279 e. The summed E-state index contributed by atoms with van der Waals surface area (Å²) in [6.07, 6.45) is 0.377. The van der Waals surface area contributed by atoms with Crippen LogP contribution in [0.3, 0.4) is 0 Å². The molecule has 0 spiro atoms. The highest BCUT2D eigenvalue weighted by Gasteiger charge is 2.19. The van der Waals surface area contributed by atoms with E-state index in [4.69, 9.17) is 4.74 Å². The molecule has 2 aromatic heterocycles. The summed E-state index contributed by atoms with van der Waals surface area (Å²) in [7, 11) is 0. The first-order valence-corrected chi connectivity index (χ1v) is 7.80. The van der Waals surface area contributed by atoms with Crippen LogP contribution in [0.5, 0.6) is 5.75 Å². The number of rotatable bonds is 5. The monoisotopic (exact) mass is 312 g/mol. The molecule has 0 aliphatic rings. The van der Waals surface area contributed by atoms with E-state index >= 15 is 0 Å². The third-order valence-electron chi connectivity index (χ3n) is 3.73. The second-order valence-electron chi connectivity index (χ2n) is 5.77. The Morgan fingerprint density at radius 2 is 1.91 bits per heavy atom. The highest BCUT2D eigenvalue weighted by atomic mass is 16.5. The first-order valence-electron chi connectivity index (χ1n) is 7.80. The van der Waals surface area contributed by atoms with Crippen molar-refractivity contribution in [1.29, 1.82) is 0 Å². The largest absolute Gasteiger partial charge is 0.483 e. The summed E-state index contributed by atoms with van der Waals surface area (Å²) in [5.74, 6) is 1.48. The van der Waals surface area contributed by atoms with Crippen LogP contribution in [0.15, 0.2) is 35.1 Å². The minimum atomic E-state index is -0.315. The molecule has 0 saturated carbocycles. The second kappa shape index (κ2) is 6.24. The number of nitrogens with zero attached hydrogens (tertiary/aromatic N) is 2. The average molecular weight is 312 g/mol. The molecule has 0 unspecified atom stereocenters. The number of aromatic nitrogens is 4. The van der Waals surface area contributed by atoms with Gasteiger partial charge in [-0.05, 0) is 24.5 Å². The molecule has 2 heterocycles. The molecule has 120 valence electrons. The maximum absolute atomic E-state index is 12.3. The predicted octanol–water partition coefficient (Wildman–Crippen LogP) is 3.30. The lowest BCUT2D eigenvalue weighted by Gasteiger charge is -2.16. The molecule has 2 N–H and O–H groups in total. The van der Waals surface area contributed by atoms with Crippen molar-refractivity contribution in [3.63, 3.8) is 0 Å². The molecule has 3 rings (SSSR count). The number of fused-ring (bicyclic) bond motifs is 1. The molecule has 6 nitrogen and oxygen atoms in total. The first kappa shape index (κ1) is 15.3. The van der Waals surface area contributed by atoms with E-state index in [1.807, 2.05) is 51.1 Å². The molecule has 0 radical (unpaired) electrons. The number of ether oxygens (including phenoxy) is 1. The van der Waals surface area contributed by atoms with E-state index in [9.17, 15) is 4.79 Å². The molecular weight excluding hydrogens is 292 g/mol. The molecule has 0 saturated heterocycles. The van der Waals surface area contributed by atoms with E-state index in [0.717, 1.165) is 11.4 Å². The van der Waals surface area contributed by atoms with E-state index in [2.05, 4.69) is 20.2 Å². The van der Waals surface area contributed by atoms with Crippen molar-refractivity contribution in [2.24, 2.45) is 0 Å². The van der Waals surface area contributed by atoms with Gasteiger partial charge < -0.3 is 9.72 Å². The Hall–Kier alpha value is -2.63. The van der Waals surface area contributed by atoms with Crippen molar-refractivity contribution < 1.29 is 4.74 Å². The van der Waals surface area contributed by atoms with Gasteiger partial charge in [0.2, 0.25) is 0 Å². The van der Waals surface area contributed by atoms with E-state index in [0.29, 0.717) is 23.3 Å². The summed E-state index contributed by atoms with van der Waals surface area (Å²) in [5, 5.41) is 6.99. The van der Waals surface area contributed by atoms with Crippen molar-refractivity contribution in [1.82, 2.24) is 20.2 Å². The van der Waals surface area contributed by atoms with Gasteiger partial charge in [-0.15, -0.1) is 0 Å². The van der Waals surface area contributed by atoms with Crippen molar-refractivity contribution >= 4 is 11.0 Å². The Bertz CT molecular complexity index is 852. The topological polar surface area (TPSA) is 83.7 Å². The maximum atomic E-state index is 12.3. The van der Waals surface area contributed by atoms with E-state index in [1.54, 1.807) is 0 Å². The number of hydrogen-bond acceptors (Lipinski definition) is 4. The van der Waals surface area contributed by atoms with Crippen LogP contribution in [-0.2, 0) is 0 Å². The average Bonchev–Trinajstić information content (AvgIpc) is 2.98. The molecule has 1 atom stereocenters. The van der Waals surface area contributed by atoms with Crippen LogP contribution in [0.25, 0.3) is 11.0 Å². The standard InChI is InChI=1S/C17H20N4O2/c1-4-12(23-11-8-6-5-7-9-11)16-18-14-13(10(2)3)20-21-15(14)17(22)19-16/h5-10,12H,4H2,1-3H3,(H,20,21)(H,18,19,22)/t12-/m0/s1. The van der Waals surface area contributed by atoms with Crippen molar-refractivity contribution in [2.45, 2.75) is 39.2 Å². The molecule has 0 bridgehead atoms. The summed E-state index contributed by atoms with van der Waals surface area (Å²) in [4.78, 5) is 19.7. The van der Waals surface area contributed by atoms with Gasteiger partial charge in [-0.25, -0.2) is 4.98 Å². The van der Waals surface area contributed by atoms with Gasteiger partial charge in [0.1, 0.15) is 11.3 Å². The molecular formula is C17H20N4O2. The molecule has 6 heteroatoms. The van der Waals surface area contributed by atoms with Gasteiger partial charge in [-0.1, -0.05) is 39.0 Å². The van der Waals surface area contributed by atoms with Gasteiger partial charge in [0, 0.05) is 0 Å². The summed E-state index contributed by atoms with van der Waals surface area (Å²) in [5.41, 5.74) is 1.58. The Balaban J connectivity index is 2.03.